The quantitative estimate of drug-likeness (QED) is 0.304. The van der Waals surface area contributed by atoms with Crippen LogP contribution in [0.1, 0.15) is 13.8 Å². The van der Waals surface area contributed by atoms with E-state index in [4.69, 9.17) is 9.16 Å². The number of allylic oxidation sites excluding steroid dienone is 1. The lowest BCUT2D eigenvalue weighted by atomic mass is 10.5. The Labute approximate surface area is 80.9 Å². The number of carbonyl (C=O) groups excluding carboxylic acids is 1. The van der Waals surface area contributed by atoms with Gasteiger partial charge in [0, 0.05) is 6.08 Å². The normalized spacial score (nSPS) is 14.5. The minimum absolute atomic E-state index is 0.353. The molecule has 0 aromatic rings. The van der Waals surface area contributed by atoms with Gasteiger partial charge in [0.1, 0.15) is 0 Å². The predicted octanol–water partition coefficient (Wildman–Crippen LogP) is 2.30. The fourth-order valence-corrected chi connectivity index (χ4v) is 1.90. The average molecular weight is 202 g/mol. The van der Waals surface area contributed by atoms with Gasteiger partial charge in [0.05, 0.1) is 0 Å². The van der Waals surface area contributed by atoms with Gasteiger partial charge in [-0.1, -0.05) is 6.08 Å². The van der Waals surface area contributed by atoms with Crippen LogP contribution in [0.4, 0.5) is 0 Å². The van der Waals surface area contributed by atoms with Crippen molar-refractivity contribution in [2.75, 3.05) is 0 Å². The van der Waals surface area contributed by atoms with Gasteiger partial charge in [-0.05, 0) is 33.5 Å². The van der Waals surface area contributed by atoms with Gasteiger partial charge in [0.25, 0.3) is 0 Å². The van der Waals surface area contributed by atoms with Crippen molar-refractivity contribution in [3.05, 3.63) is 12.2 Å². The molecule has 0 amide bonds. The number of esters is 1. The molecule has 3 nitrogen and oxygen atoms in total. The van der Waals surface area contributed by atoms with Crippen molar-refractivity contribution in [3.63, 3.8) is 0 Å². The molecule has 1 atom stereocenters. The molecular formula is C9H18O3Si. The average Bonchev–Trinajstić information content (AvgIpc) is 1.81. The molecule has 0 fully saturated rings. The Morgan fingerprint density at radius 3 is 2.31 bits per heavy atom. The molecule has 0 heterocycles. The van der Waals surface area contributed by atoms with E-state index in [1.165, 1.54) is 6.08 Å². The Balaban J connectivity index is 3.88. The van der Waals surface area contributed by atoms with Crippen molar-refractivity contribution < 1.29 is 14.0 Å². The second kappa shape index (κ2) is 5.19. The number of ether oxygens (including phenoxy) is 1. The zero-order chi connectivity index (χ0) is 10.5. The van der Waals surface area contributed by atoms with Crippen LogP contribution in [0.5, 0.6) is 0 Å². The summed E-state index contributed by atoms with van der Waals surface area (Å²) in [6.07, 6.45) is 2.57. The van der Waals surface area contributed by atoms with Crippen molar-refractivity contribution in [2.45, 2.75) is 39.8 Å². The maximum absolute atomic E-state index is 11.0. The van der Waals surface area contributed by atoms with Crippen LogP contribution in [0.25, 0.3) is 0 Å². The molecule has 0 N–H and O–H groups in total. The van der Waals surface area contributed by atoms with E-state index in [0.717, 1.165) is 0 Å². The van der Waals surface area contributed by atoms with E-state index in [1.54, 1.807) is 19.9 Å². The van der Waals surface area contributed by atoms with Crippen LogP contribution in [0.2, 0.25) is 19.6 Å². The van der Waals surface area contributed by atoms with Gasteiger partial charge in [-0.15, -0.1) is 0 Å². The molecule has 4 heteroatoms. The molecular weight excluding hydrogens is 184 g/mol. The first-order valence-electron chi connectivity index (χ1n) is 4.36. The molecule has 0 radical (unpaired) electrons. The Morgan fingerprint density at radius 2 is 1.92 bits per heavy atom. The number of carbonyl (C=O) groups is 1. The van der Waals surface area contributed by atoms with Crippen LogP contribution in [-0.2, 0) is 14.0 Å². The molecule has 0 saturated heterocycles. The Bertz CT molecular complexity index is 194. The van der Waals surface area contributed by atoms with E-state index in [-0.39, 0.29) is 5.97 Å². The maximum atomic E-state index is 11.0. The minimum atomic E-state index is -1.61. The summed E-state index contributed by atoms with van der Waals surface area (Å²) < 4.78 is 10.5. The first-order valence-corrected chi connectivity index (χ1v) is 7.77. The Morgan fingerprint density at radius 1 is 1.38 bits per heavy atom. The van der Waals surface area contributed by atoms with Gasteiger partial charge >= 0.3 is 5.97 Å². The highest BCUT2D eigenvalue weighted by molar-refractivity contribution is 6.69. The highest BCUT2D eigenvalue weighted by Crippen LogP contribution is 2.08. The molecule has 13 heavy (non-hydrogen) atoms. The first-order chi connectivity index (χ1) is 5.85. The first kappa shape index (κ1) is 12.4. The lowest BCUT2D eigenvalue weighted by molar-refractivity contribution is -0.155. The largest absolute Gasteiger partial charge is 0.434 e. The van der Waals surface area contributed by atoms with Crippen molar-refractivity contribution in [3.8, 4) is 0 Å². The SMILES string of the molecule is CC=CC(=O)OC(C)O[Si](C)(C)C. The molecule has 0 bridgehead atoms. The topological polar surface area (TPSA) is 35.5 Å². The summed E-state index contributed by atoms with van der Waals surface area (Å²) in [5.74, 6) is -0.353. The van der Waals surface area contributed by atoms with Crippen LogP contribution in [0.15, 0.2) is 12.2 Å². The third-order valence-corrected chi connectivity index (χ3v) is 2.14. The minimum Gasteiger partial charge on any atom is -0.434 e. The number of rotatable bonds is 4. The molecule has 1 unspecified atom stereocenters. The zero-order valence-electron chi connectivity index (χ0n) is 8.96. The van der Waals surface area contributed by atoms with Crippen LogP contribution >= 0.6 is 0 Å². The summed E-state index contributed by atoms with van der Waals surface area (Å²) in [7, 11) is -1.61. The van der Waals surface area contributed by atoms with Crippen LogP contribution < -0.4 is 0 Å². The lowest BCUT2D eigenvalue weighted by Gasteiger charge is -2.22. The Kier molecular flexibility index (Phi) is 4.94. The summed E-state index contributed by atoms with van der Waals surface area (Å²) >= 11 is 0. The van der Waals surface area contributed by atoms with Gasteiger partial charge in [-0.25, -0.2) is 4.79 Å². The van der Waals surface area contributed by atoms with Crippen molar-refractivity contribution in [2.24, 2.45) is 0 Å². The molecule has 0 aromatic heterocycles. The predicted molar refractivity (Wildman–Crippen MR) is 54.8 cm³/mol. The van der Waals surface area contributed by atoms with E-state index >= 15 is 0 Å². The summed E-state index contributed by atoms with van der Waals surface area (Å²) in [5, 5.41) is 0. The molecule has 0 spiro atoms. The smallest absolute Gasteiger partial charge is 0.332 e. The van der Waals surface area contributed by atoms with E-state index in [9.17, 15) is 4.79 Å². The third-order valence-electron chi connectivity index (χ3n) is 1.10. The number of hydrogen-bond donors (Lipinski definition) is 0. The van der Waals surface area contributed by atoms with Gasteiger partial charge in [-0.2, -0.15) is 0 Å². The second-order valence-electron chi connectivity index (χ2n) is 3.73. The molecule has 0 aliphatic rings. The molecule has 76 valence electrons. The second-order valence-corrected chi connectivity index (χ2v) is 8.20. The van der Waals surface area contributed by atoms with E-state index in [0.29, 0.717) is 0 Å². The molecule has 0 aliphatic carbocycles. The molecule has 0 rings (SSSR count). The standard InChI is InChI=1S/C9H18O3Si/c1-6-7-9(10)11-8(2)12-13(3,4)5/h6-8H,1-5H3. The van der Waals surface area contributed by atoms with Crippen LogP contribution in [-0.4, -0.2) is 20.6 Å². The van der Waals surface area contributed by atoms with Crippen molar-refractivity contribution >= 4 is 14.3 Å². The summed E-state index contributed by atoms with van der Waals surface area (Å²) in [4.78, 5) is 11.0. The van der Waals surface area contributed by atoms with Crippen molar-refractivity contribution in [1.29, 1.82) is 0 Å². The highest BCUT2D eigenvalue weighted by atomic mass is 28.4. The third kappa shape index (κ3) is 7.74. The number of hydrogen-bond acceptors (Lipinski definition) is 3. The van der Waals surface area contributed by atoms with E-state index < -0.39 is 14.6 Å². The fraction of sp³-hybridized carbons (Fsp3) is 0.667. The van der Waals surface area contributed by atoms with Gasteiger partial charge < -0.3 is 9.16 Å². The van der Waals surface area contributed by atoms with Crippen LogP contribution in [0.3, 0.4) is 0 Å². The van der Waals surface area contributed by atoms with E-state index in [2.05, 4.69) is 0 Å². The summed E-state index contributed by atoms with van der Waals surface area (Å²) in [5.41, 5.74) is 0. The highest BCUT2D eigenvalue weighted by Gasteiger charge is 2.19. The Hall–Kier alpha value is -0.613. The molecule has 0 saturated carbocycles. The zero-order valence-corrected chi connectivity index (χ0v) is 9.96. The van der Waals surface area contributed by atoms with Gasteiger partial charge in [-0.3, -0.25) is 0 Å². The van der Waals surface area contributed by atoms with Gasteiger partial charge in [0.2, 0.25) is 0 Å². The van der Waals surface area contributed by atoms with E-state index in [1.807, 2.05) is 19.6 Å². The maximum Gasteiger partial charge on any atom is 0.332 e. The monoisotopic (exact) mass is 202 g/mol. The van der Waals surface area contributed by atoms with Crippen LogP contribution in [0, 0.1) is 0 Å². The summed E-state index contributed by atoms with van der Waals surface area (Å²) in [6, 6.07) is 0. The molecule has 0 aliphatic heterocycles. The van der Waals surface area contributed by atoms with Gasteiger partial charge in [0.15, 0.2) is 14.6 Å². The van der Waals surface area contributed by atoms with Crippen molar-refractivity contribution in [1.82, 2.24) is 0 Å². The fourth-order valence-electron chi connectivity index (χ4n) is 0.861. The summed E-state index contributed by atoms with van der Waals surface area (Å²) in [6.45, 7) is 9.65. The molecule has 0 aromatic carbocycles. The lowest BCUT2D eigenvalue weighted by Crippen LogP contribution is -2.32.